The maximum Gasteiger partial charge on any atom is 0.321 e. The number of nitrogens with two attached hydrogens (primary N) is 1. The number of rotatable bonds is 8. The number of halogens is 1. The van der Waals surface area contributed by atoms with Crippen molar-refractivity contribution in [1.82, 2.24) is 9.29 Å². The maximum atomic E-state index is 13.7. The fraction of sp³-hybridized carbons (Fsp3) is 0.292. The van der Waals surface area contributed by atoms with Gasteiger partial charge in [-0.15, -0.1) is 4.51 Å². The molecule has 3 N–H and O–H groups in total. The summed E-state index contributed by atoms with van der Waals surface area (Å²) in [6.45, 7) is 4.61. The number of hydrogen-bond acceptors (Lipinski definition) is 7. The van der Waals surface area contributed by atoms with E-state index < -0.39 is 28.1 Å². The number of esters is 1. The minimum atomic E-state index is -4.13. The number of fused-ring (bicyclic) bond motifs is 1. The normalized spacial score (nSPS) is 12.6. The number of hydrogen-bond donors (Lipinski definition) is 2. The van der Waals surface area contributed by atoms with Gasteiger partial charge in [0.05, 0.1) is 23.9 Å². The number of carbonyl (C=O) groups excluding carboxylic acids is 1. The Morgan fingerprint density at radius 2 is 1.94 bits per heavy atom. The van der Waals surface area contributed by atoms with E-state index >= 15 is 0 Å². The molecule has 0 saturated heterocycles. The molecule has 10 nitrogen and oxygen atoms in total. The minimum absolute atomic E-state index is 0.0145. The molecule has 0 aliphatic heterocycles. The summed E-state index contributed by atoms with van der Waals surface area (Å²) in [7, 11) is -2.61. The zero-order chi connectivity index (χ0) is 26.5. The van der Waals surface area contributed by atoms with Crippen molar-refractivity contribution in [3.8, 4) is 5.75 Å². The zero-order valence-corrected chi connectivity index (χ0v) is 21.9. The van der Waals surface area contributed by atoms with Gasteiger partial charge in [0.2, 0.25) is 16.0 Å². The third-order valence-corrected chi connectivity index (χ3v) is 6.91. The van der Waals surface area contributed by atoms with E-state index in [1.807, 2.05) is 0 Å². The first-order valence-electron chi connectivity index (χ1n) is 10.9. The average molecular weight is 534 g/mol. The molecule has 3 rings (SSSR count). The van der Waals surface area contributed by atoms with Gasteiger partial charge in [-0.05, 0) is 50.6 Å². The highest BCUT2D eigenvalue weighted by atomic mass is 35.5. The first-order valence-corrected chi connectivity index (χ1v) is 12.6. The van der Waals surface area contributed by atoms with E-state index in [-0.39, 0.29) is 17.4 Å². The molecule has 0 unspecified atom stereocenters. The largest absolute Gasteiger partial charge is 0.497 e. The van der Waals surface area contributed by atoms with Crippen LogP contribution in [0.2, 0.25) is 0 Å². The zero-order valence-electron chi connectivity index (χ0n) is 20.4. The van der Waals surface area contributed by atoms with Gasteiger partial charge in [-0.3, -0.25) is 9.78 Å². The molecule has 12 heteroatoms. The van der Waals surface area contributed by atoms with Crippen molar-refractivity contribution in [3.63, 3.8) is 0 Å². The number of guanidine groups is 1. The highest BCUT2D eigenvalue weighted by Crippen LogP contribution is 2.28. The van der Waals surface area contributed by atoms with Crippen LogP contribution in [-0.4, -0.2) is 48.9 Å². The third kappa shape index (κ3) is 6.84. The third-order valence-electron chi connectivity index (χ3n) is 4.94. The molecule has 0 aliphatic rings. The minimum Gasteiger partial charge on any atom is -0.497 e. The summed E-state index contributed by atoms with van der Waals surface area (Å²) in [4.78, 5) is 16.8. The fourth-order valence-electron chi connectivity index (χ4n) is 3.44. The SMILES string of the molecule is COc1cccc(CN(CC(=O)OC(C)(C)C)S(=O)(=O)c2ccc3c(NC(N)=NCl)cncc3c2)c1. The molecule has 3 aromatic rings. The van der Waals surface area contributed by atoms with Crippen molar-refractivity contribution in [1.29, 1.82) is 0 Å². The second-order valence-electron chi connectivity index (χ2n) is 8.88. The van der Waals surface area contributed by atoms with E-state index in [0.717, 1.165) is 4.31 Å². The lowest BCUT2D eigenvalue weighted by Crippen LogP contribution is -2.38. The summed E-state index contributed by atoms with van der Waals surface area (Å²) in [5.74, 6) is -0.137. The molecule has 1 aromatic heterocycles. The molecule has 0 amide bonds. The molecule has 0 bridgehead atoms. The predicted molar refractivity (Wildman–Crippen MR) is 139 cm³/mol. The Hall–Kier alpha value is -3.41. The van der Waals surface area contributed by atoms with Gasteiger partial charge >= 0.3 is 5.97 Å². The van der Waals surface area contributed by atoms with Gasteiger partial charge in [0, 0.05) is 35.3 Å². The summed E-state index contributed by atoms with van der Waals surface area (Å²) in [6.07, 6.45) is 3.04. The van der Waals surface area contributed by atoms with Crippen LogP contribution in [0.4, 0.5) is 5.69 Å². The Labute approximate surface area is 215 Å². The van der Waals surface area contributed by atoms with Gasteiger partial charge in [0.1, 0.15) is 17.9 Å². The fourth-order valence-corrected chi connectivity index (χ4v) is 4.89. The smallest absolute Gasteiger partial charge is 0.321 e. The first-order chi connectivity index (χ1) is 16.9. The first kappa shape index (κ1) is 27.2. The lowest BCUT2D eigenvalue weighted by molar-refractivity contribution is -0.155. The van der Waals surface area contributed by atoms with E-state index in [1.54, 1.807) is 51.1 Å². The molecule has 0 fully saturated rings. The Kier molecular flexibility index (Phi) is 8.39. The molecule has 2 aromatic carbocycles. The lowest BCUT2D eigenvalue weighted by atomic mass is 10.1. The highest BCUT2D eigenvalue weighted by molar-refractivity contribution is 7.89. The summed E-state index contributed by atoms with van der Waals surface area (Å²) in [5, 5.41) is 3.99. The number of sulfonamides is 1. The van der Waals surface area contributed by atoms with Crippen LogP contribution >= 0.6 is 11.8 Å². The molecular weight excluding hydrogens is 506 g/mol. The Bertz CT molecular complexity index is 1390. The molecule has 0 radical (unpaired) electrons. The molecule has 0 spiro atoms. The number of benzene rings is 2. The summed E-state index contributed by atoms with van der Waals surface area (Å²) in [5.41, 5.74) is 6.02. The number of ether oxygens (including phenoxy) is 2. The van der Waals surface area contributed by atoms with Crippen molar-refractivity contribution >= 4 is 50.2 Å². The topological polar surface area (TPSA) is 136 Å². The second kappa shape index (κ2) is 11.1. The monoisotopic (exact) mass is 533 g/mol. The van der Waals surface area contributed by atoms with Gasteiger partial charge < -0.3 is 20.5 Å². The number of methoxy groups -OCH3 is 1. The Morgan fingerprint density at radius 3 is 2.61 bits per heavy atom. The number of anilines is 1. The molecule has 0 aliphatic carbocycles. The number of carbonyl (C=O) groups is 1. The van der Waals surface area contributed by atoms with Crippen molar-refractivity contribution < 1.29 is 22.7 Å². The molecule has 1 heterocycles. The number of nitrogens with one attached hydrogen (secondary N) is 1. The van der Waals surface area contributed by atoms with Crippen molar-refractivity contribution in [2.24, 2.45) is 10.2 Å². The molecule has 0 atom stereocenters. The van der Waals surface area contributed by atoms with Crippen LogP contribution in [0.15, 0.2) is 64.3 Å². The van der Waals surface area contributed by atoms with E-state index in [4.69, 9.17) is 27.0 Å². The van der Waals surface area contributed by atoms with Crippen LogP contribution < -0.4 is 15.8 Å². The van der Waals surface area contributed by atoms with Crippen molar-refractivity contribution in [2.75, 3.05) is 19.0 Å². The van der Waals surface area contributed by atoms with E-state index in [1.165, 1.54) is 31.6 Å². The molecular formula is C24H28ClN5O5S. The summed E-state index contributed by atoms with van der Waals surface area (Å²) in [6, 6.07) is 11.5. The summed E-state index contributed by atoms with van der Waals surface area (Å²) < 4.78 is 42.5. The summed E-state index contributed by atoms with van der Waals surface area (Å²) >= 11 is 5.39. The van der Waals surface area contributed by atoms with Crippen molar-refractivity contribution in [2.45, 2.75) is 37.8 Å². The quantitative estimate of drug-likeness (QED) is 0.254. The van der Waals surface area contributed by atoms with Gasteiger partial charge in [-0.1, -0.05) is 18.2 Å². The van der Waals surface area contributed by atoms with E-state index in [0.29, 0.717) is 27.8 Å². The van der Waals surface area contributed by atoms with E-state index in [2.05, 4.69) is 14.8 Å². The van der Waals surface area contributed by atoms with Crippen LogP contribution in [0.3, 0.4) is 0 Å². The lowest BCUT2D eigenvalue weighted by Gasteiger charge is -2.25. The van der Waals surface area contributed by atoms with Crippen LogP contribution in [0.1, 0.15) is 26.3 Å². The number of nitrogens with zero attached hydrogens (tertiary/aromatic N) is 3. The van der Waals surface area contributed by atoms with Gasteiger partial charge in [-0.2, -0.15) is 4.31 Å². The van der Waals surface area contributed by atoms with Crippen LogP contribution in [-0.2, 0) is 26.1 Å². The highest BCUT2D eigenvalue weighted by Gasteiger charge is 2.29. The van der Waals surface area contributed by atoms with Gasteiger partial charge in [0.25, 0.3) is 0 Å². The van der Waals surface area contributed by atoms with Crippen LogP contribution in [0, 0.1) is 0 Å². The molecule has 192 valence electrons. The van der Waals surface area contributed by atoms with Gasteiger partial charge in [-0.25, -0.2) is 8.42 Å². The second-order valence-corrected chi connectivity index (χ2v) is 11.0. The molecule has 0 saturated carbocycles. The van der Waals surface area contributed by atoms with Crippen LogP contribution in [0.5, 0.6) is 5.75 Å². The predicted octanol–water partition coefficient (Wildman–Crippen LogP) is 3.66. The van der Waals surface area contributed by atoms with Gasteiger partial charge in [0.15, 0.2) is 0 Å². The average Bonchev–Trinajstić information content (AvgIpc) is 2.82. The van der Waals surface area contributed by atoms with Crippen LogP contribution in [0.25, 0.3) is 10.8 Å². The maximum absolute atomic E-state index is 13.7. The molecule has 36 heavy (non-hydrogen) atoms. The van der Waals surface area contributed by atoms with E-state index in [9.17, 15) is 13.2 Å². The Balaban J connectivity index is 2.02. The standard InChI is InChI=1S/C24H28ClN5O5S/c1-24(2,3)35-22(31)15-30(14-16-6-5-7-18(10-16)34-4)36(32,33)19-8-9-20-17(11-19)12-27-13-21(20)28-23(26)29-25/h5-13H,14-15H2,1-4H3,(H3,26,28,29). The number of pyridine rings is 1. The van der Waals surface area contributed by atoms with Crippen molar-refractivity contribution in [3.05, 3.63) is 60.4 Å². The number of aromatic nitrogens is 1. The Morgan fingerprint density at radius 1 is 1.19 bits per heavy atom.